The summed E-state index contributed by atoms with van der Waals surface area (Å²) in [4.78, 5) is 11.8. The van der Waals surface area contributed by atoms with Crippen LogP contribution in [-0.2, 0) is 4.74 Å². The number of cyclic esters (lactones) is 1. The molecule has 0 radical (unpaired) electrons. The van der Waals surface area contributed by atoms with Gasteiger partial charge in [-0.25, -0.2) is 4.79 Å². The lowest BCUT2D eigenvalue weighted by atomic mass is 10.0. The highest BCUT2D eigenvalue weighted by Crippen LogP contribution is 2.31. The molecule has 0 saturated heterocycles. The first-order chi connectivity index (χ1) is 8.74. The van der Waals surface area contributed by atoms with Gasteiger partial charge in [0.2, 0.25) is 0 Å². The number of esters is 1. The van der Waals surface area contributed by atoms with Gasteiger partial charge in [-0.3, -0.25) is 0 Å². The Morgan fingerprint density at radius 1 is 1.00 bits per heavy atom. The fraction of sp³-hybridized carbons (Fsp3) is 0.0625. The normalized spacial score (nSPS) is 15.6. The van der Waals surface area contributed by atoms with Gasteiger partial charge in [-0.2, -0.15) is 0 Å². The maximum Gasteiger partial charge on any atom is 0.344 e. The summed E-state index contributed by atoms with van der Waals surface area (Å²) in [5, 5.41) is 0. The molecule has 0 N–H and O–H groups in total. The highest BCUT2D eigenvalue weighted by atomic mass is 16.5. The molecule has 1 aliphatic rings. The van der Waals surface area contributed by atoms with E-state index in [0.717, 1.165) is 16.7 Å². The lowest BCUT2D eigenvalue weighted by Crippen LogP contribution is -1.93. The van der Waals surface area contributed by atoms with Crippen molar-refractivity contribution in [3.05, 3.63) is 70.8 Å². The number of rotatable bonds is 1. The Morgan fingerprint density at radius 3 is 2.56 bits per heavy atom. The van der Waals surface area contributed by atoms with Crippen molar-refractivity contribution >= 4 is 17.8 Å². The van der Waals surface area contributed by atoms with Gasteiger partial charge >= 0.3 is 5.97 Å². The Labute approximate surface area is 106 Å². The van der Waals surface area contributed by atoms with Crippen molar-refractivity contribution < 1.29 is 9.53 Å². The number of aryl methyl sites for hydroxylation is 1. The van der Waals surface area contributed by atoms with Gasteiger partial charge in [0.25, 0.3) is 0 Å². The SMILES string of the molecule is Cc1ccc2c(c1)C(=O)O/C2=C\c1ccccc1. The molecule has 1 aliphatic heterocycles. The highest BCUT2D eigenvalue weighted by Gasteiger charge is 2.25. The third-order valence-corrected chi connectivity index (χ3v) is 2.96. The van der Waals surface area contributed by atoms with Gasteiger partial charge in [0.1, 0.15) is 5.76 Å². The van der Waals surface area contributed by atoms with Crippen molar-refractivity contribution in [1.82, 2.24) is 0 Å². The average molecular weight is 236 g/mol. The lowest BCUT2D eigenvalue weighted by Gasteiger charge is -1.99. The maximum atomic E-state index is 11.8. The number of ether oxygens (including phenoxy) is 1. The van der Waals surface area contributed by atoms with Gasteiger partial charge < -0.3 is 4.74 Å². The smallest absolute Gasteiger partial charge is 0.344 e. The molecule has 0 aliphatic carbocycles. The van der Waals surface area contributed by atoms with E-state index in [0.29, 0.717) is 11.3 Å². The van der Waals surface area contributed by atoms with Gasteiger partial charge in [-0.05, 0) is 24.6 Å². The van der Waals surface area contributed by atoms with Crippen LogP contribution in [0.15, 0.2) is 48.5 Å². The molecule has 2 nitrogen and oxygen atoms in total. The monoisotopic (exact) mass is 236 g/mol. The standard InChI is InChI=1S/C16H12O2/c1-11-7-8-13-14(9-11)16(17)18-15(13)10-12-5-3-2-4-6-12/h2-10H,1H3/b15-10-. The van der Waals surface area contributed by atoms with Gasteiger partial charge in [0.05, 0.1) is 5.56 Å². The second-order valence-corrected chi connectivity index (χ2v) is 4.36. The fourth-order valence-corrected chi connectivity index (χ4v) is 2.06. The Balaban J connectivity index is 2.08. The quantitative estimate of drug-likeness (QED) is 0.706. The first-order valence-corrected chi connectivity index (χ1v) is 5.84. The van der Waals surface area contributed by atoms with Crippen molar-refractivity contribution in [3.63, 3.8) is 0 Å². The highest BCUT2D eigenvalue weighted by molar-refractivity contribution is 6.05. The van der Waals surface area contributed by atoms with Crippen molar-refractivity contribution in [3.8, 4) is 0 Å². The van der Waals surface area contributed by atoms with Crippen LogP contribution in [0.4, 0.5) is 0 Å². The van der Waals surface area contributed by atoms with Gasteiger partial charge in [-0.1, -0.05) is 48.0 Å². The summed E-state index contributed by atoms with van der Waals surface area (Å²) in [6, 6.07) is 15.6. The van der Waals surface area contributed by atoms with Crippen molar-refractivity contribution in [1.29, 1.82) is 0 Å². The molecule has 2 aromatic rings. The number of carbonyl (C=O) groups is 1. The zero-order valence-corrected chi connectivity index (χ0v) is 10.0. The van der Waals surface area contributed by atoms with Crippen LogP contribution in [0.3, 0.4) is 0 Å². The molecule has 0 saturated carbocycles. The Bertz CT molecular complexity index is 639. The minimum absolute atomic E-state index is 0.268. The van der Waals surface area contributed by atoms with E-state index in [1.807, 2.05) is 61.5 Å². The van der Waals surface area contributed by atoms with E-state index in [-0.39, 0.29) is 5.97 Å². The summed E-state index contributed by atoms with van der Waals surface area (Å²) in [7, 11) is 0. The van der Waals surface area contributed by atoms with Crippen molar-refractivity contribution in [2.75, 3.05) is 0 Å². The first-order valence-electron chi connectivity index (χ1n) is 5.84. The molecular weight excluding hydrogens is 224 g/mol. The minimum atomic E-state index is -0.268. The summed E-state index contributed by atoms with van der Waals surface area (Å²) < 4.78 is 5.31. The van der Waals surface area contributed by atoms with E-state index in [1.54, 1.807) is 0 Å². The molecule has 1 heterocycles. The molecule has 88 valence electrons. The van der Waals surface area contributed by atoms with Crippen molar-refractivity contribution in [2.24, 2.45) is 0 Å². The third-order valence-electron chi connectivity index (χ3n) is 2.96. The molecule has 0 aromatic heterocycles. The van der Waals surface area contributed by atoms with E-state index in [2.05, 4.69) is 0 Å². The predicted molar refractivity (Wildman–Crippen MR) is 70.9 cm³/mol. The molecule has 3 rings (SSSR count). The van der Waals surface area contributed by atoms with Crippen LogP contribution in [0.1, 0.15) is 27.0 Å². The Kier molecular flexibility index (Phi) is 2.49. The van der Waals surface area contributed by atoms with Crippen LogP contribution in [0, 0.1) is 6.92 Å². The summed E-state index contributed by atoms with van der Waals surface area (Å²) in [6.07, 6.45) is 1.89. The molecule has 2 heteroatoms. The zero-order valence-electron chi connectivity index (χ0n) is 10.0. The summed E-state index contributed by atoms with van der Waals surface area (Å²) in [5.74, 6) is 0.358. The Morgan fingerprint density at radius 2 is 1.78 bits per heavy atom. The van der Waals surface area contributed by atoms with E-state index in [1.165, 1.54) is 0 Å². The predicted octanol–water partition coefficient (Wildman–Crippen LogP) is 3.66. The van der Waals surface area contributed by atoms with E-state index in [9.17, 15) is 4.79 Å². The first kappa shape index (κ1) is 10.8. The van der Waals surface area contributed by atoms with Crippen LogP contribution >= 0.6 is 0 Å². The molecular formula is C16H12O2. The van der Waals surface area contributed by atoms with Crippen LogP contribution in [0.25, 0.3) is 11.8 Å². The number of hydrogen-bond acceptors (Lipinski definition) is 2. The zero-order chi connectivity index (χ0) is 12.5. The summed E-state index contributed by atoms with van der Waals surface area (Å²) in [6.45, 7) is 1.96. The lowest BCUT2D eigenvalue weighted by molar-refractivity contribution is 0.0717. The second kappa shape index (κ2) is 4.15. The molecule has 0 fully saturated rings. The minimum Gasteiger partial charge on any atom is -0.422 e. The average Bonchev–Trinajstić information content (AvgIpc) is 2.67. The maximum absolute atomic E-state index is 11.8. The summed E-state index contributed by atoms with van der Waals surface area (Å²) >= 11 is 0. The molecule has 0 unspecified atom stereocenters. The van der Waals surface area contributed by atoms with E-state index < -0.39 is 0 Å². The number of fused-ring (bicyclic) bond motifs is 1. The van der Waals surface area contributed by atoms with Crippen LogP contribution < -0.4 is 0 Å². The molecule has 0 bridgehead atoms. The van der Waals surface area contributed by atoms with E-state index >= 15 is 0 Å². The van der Waals surface area contributed by atoms with Crippen LogP contribution in [0.2, 0.25) is 0 Å². The number of benzene rings is 2. The third kappa shape index (κ3) is 1.82. The molecule has 18 heavy (non-hydrogen) atoms. The van der Waals surface area contributed by atoms with Crippen LogP contribution in [-0.4, -0.2) is 5.97 Å². The molecule has 2 aromatic carbocycles. The Hall–Kier alpha value is -2.35. The van der Waals surface area contributed by atoms with Crippen molar-refractivity contribution in [2.45, 2.75) is 6.92 Å². The number of hydrogen-bond donors (Lipinski definition) is 0. The molecule has 0 amide bonds. The number of carbonyl (C=O) groups excluding carboxylic acids is 1. The van der Waals surface area contributed by atoms with Gasteiger partial charge in [0.15, 0.2) is 0 Å². The molecule has 0 spiro atoms. The van der Waals surface area contributed by atoms with Crippen LogP contribution in [0.5, 0.6) is 0 Å². The summed E-state index contributed by atoms with van der Waals surface area (Å²) in [5.41, 5.74) is 3.60. The van der Waals surface area contributed by atoms with Gasteiger partial charge in [-0.15, -0.1) is 0 Å². The second-order valence-electron chi connectivity index (χ2n) is 4.36. The molecule has 0 atom stereocenters. The topological polar surface area (TPSA) is 26.3 Å². The van der Waals surface area contributed by atoms with Gasteiger partial charge in [0, 0.05) is 5.56 Å². The van der Waals surface area contributed by atoms with E-state index in [4.69, 9.17) is 4.74 Å². The fourth-order valence-electron chi connectivity index (χ4n) is 2.06. The largest absolute Gasteiger partial charge is 0.422 e.